The van der Waals surface area contributed by atoms with Gasteiger partial charge in [-0.1, -0.05) is 18.9 Å². The van der Waals surface area contributed by atoms with Crippen molar-refractivity contribution in [1.82, 2.24) is 0 Å². The summed E-state index contributed by atoms with van der Waals surface area (Å²) in [4.78, 5) is 0. The Labute approximate surface area is 104 Å². The quantitative estimate of drug-likeness (QED) is 0.830. The molecule has 0 heterocycles. The molecule has 1 aromatic rings. The van der Waals surface area contributed by atoms with Gasteiger partial charge in [-0.3, -0.25) is 0 Å². The molecule has 0 amide bonds. The van der Waals surface area contributed by atoms with Gasteiger partial charge in [-0.2, -0.15) is 0 Å². The topological polar surface area (TPSA) is 21.3 Å². The fraction of sp³-hybridized carbons (Fsp3) is 0.600. The number of anilines is 1. The van der Waals surface area contributed by atoms with Gasteiger partial charge in [-0.25, -0.2) is 0 Å². The van der Waals surface area contributed by atoms with E-state index in [9.17, 15) is 0 Å². The van der Waals surface area contributed by atoms with Crippen LogP contribution in [0.15, 0.2) is 18.2 Å². The fourth-order valence-electron chi connectivity index (χ4n) is 2.52. The van der Waals surface area contributed by atoms with Crippen LogP contribution in [0.1, 0.15) is 38.2 Å². The Morgan fingerprint density at radius 2 is 2.06 bits per heavy atom. The van der Waals surface area contributed by atoms with Crippen LogP contribution in [0.2, 0.25) is 0 Å². The van der Waals surface area contributed by atoms with E-state index >= 15 is 0 Å². The van der Waals surface area contributed by atoms with Crippen molar-refractivity contribution in [1.29, 1.82) is 0 Å². The number of nitrogens with one attached hydrogen (secondary N) is 1. The van der Waals surface area contributed by atoms with Gasteiger partial charge in [0.2, 0.25) is 0 Å². The molecule has 1 aromatic carbocycles. The van der Waals surface area contributed by atoms with E-state index in [4.69, 9.17) is 4.74 Å². The summed E-state index contributed by atoms with van der Waals surface area (Å²) in [5.41, 5.74) is 2.39. The van der Waals surface area contributed by atoms with Crippen molar-refractivity contribution in [2.45, 2.75) is 39.5 Å². The summed E-state index contributed by atoms with van der Waals surface area (Å²) in [6, 6.07) is 6.38. The second-order valence-corrected chi connectivity index (χ2v) is 4.96. The highest BCUT2D eigenvalue weighted by Crippen LogP contribution is 2.29. The maximum atomic E-state index is 5.67. The molecule has 1 N–H and O–H groups in total. The Hall–Kier alpha value is -1.18. The molecule has 2 nitrogen and oxygen atoms in total. The van der Waals surface area contributed by atoms with Crippen molar-refractivity contribution in [3.8, 4) is 5.75 Å². The molecule has 2 heteroatoms. The molecule has 0 spiro atoms. The normalized spacial score (nSPS) is 16.1. The molecule has 94 valence electrons. The number of aryl methyl sites for hydroxylation is 1. The van der Waals surface area contributed by atoms with Gasteiger partial charge in [0.1, 0.15) is 5.75 Å². The average Bonchev–Trinajstić information content (AvgIpc) is 2.81. The molecule has 1 saturated carbocycles. The van der Waals surface area contributed by atoms with Crippen LogP contribution in [-0.4, -0.2) is 13.2 Å². The zero-order valence-corrected chi connectivity index (χ0v) is 11.0. The molecule has 1 aliphatic rings. The van der Waals surface area contributed by atoms with Crippen molar-refractivity contribution in [3.63, 3.8) is 0 Å². The van der Waals surface area contributed by atoms with Gasteiger partial charge in [-0.15, -0.1) is 0 Å². The third-order valence-corrected chi connectivity index (χ3v) is 3.49. The zero-order valence-electron chi connectivity index (χ0n) is 11.0. The van der Waals surface area contributed by atoms with Crippen LogP contribution in [0.25, 0.3) is 0 Å². The highest BCUT2D eigenvalue weighted by atomic mass is 16.5. The zero-order chi connectivity index (χ0) is 12.1. The molecule has 1 aliphatic carbocycles. The minimum absolute atomic E-state index is 0.724. The summed E-state index contributed by atoms with van der Waals surface area (Å²) in [6.45, 7) is 5.94. The van der Waals surface area contributed by atoms with Crippen molar-refractivity contribution in [3.05, 3.63) is 23.8 Å². The van der Waals surface area contributed by atoms with E-state index in [0.29, 0.717) is 0 Å². The van der Waals surface area contributed by atoms with Gasteiger partial charge < -0.3 is 10.1 Å². The number of ether oxygens (including phenoxy) is 1. The summed E-state index contributed by atoms with van der Waals surface area (Å²) < 4.78 is 5.67. The van der Waals surface area contributed by atoms with Gasteiger partial charge in [0, 0.05) is 6.54 Å². The molecule has 0 unspecified atom stereocenters. The lowest BCUT2D eigenvalue weighted by atomic mass is 10.1. The maximum Gasteiger partial charge on any atom is 0.142 e. The first-order valence-electron chi connectivity index (χ1n) is 6.77. The van der Waals surface area contributed by atoms with Gasteiger partial charge in [0.05, 0.1) is 12.3 Å². The van der Waals surface area contributed by atoms with E-state index in [1.807, 2.05) is 6.92 Å². The Morgan fingerprint density at radius 1 is 1.29 bits per heavy atom. The van der Waals surface area contributed by atoms with Crippen molar-refractivity contribution in [2.75, 3.05) is 18.5 Å². The molecule has 0 atom stereocenters. The second-order valence-electron chi connectivity index (χ2n) is 4.96. The summed E-state index contributed by atoms with van der Waals surface area (Å²) >= 11 is 0. The van der Waals surface area contributed by atoms with E-state index in [1.54, 1.807) is 0 Å². The van der Waals surface area contributed by atoms with Crippen LogP contribution in [-0.2, 0) is 0 Å². The Kier molecular flexibility index (Phi) is 4.29. The standard InChI is InChI=1S/C15H23NO/c1-3-17-15-10-12(2)8-9-14(15)16-11-13-6-4-5-7-13/h8-10,13,16H,3-7,11H2,1-2H3. The molecular formula is C15H23NO. The Morgan fingerprint density at radius 3 is 2.76 bits per heavy atom. The van der Waals surface area contributed by atoms with Crippen LogP contribution in [0.3, 0.4) is 0 Å². The predicted molar refractivity (Wildman–Crippen MR) is 72.8 cm³/mol. The smallest absolute Gasteiger partial charge is 0.142 e. The van der Waals surface area contributed by atoms with Crippen LogP contribution >= 0.6 is 0 Å². The van der Waals surface area contributed by atoms with E-state index in [2.05, 4.69) is 30.4 Å². The highest BCUT2D eigenvalue weighted by Gasteiger charge is 2.15. The fourth-order valence-corrected chi connectivity index (χ4v) is 2.52. The molecule has 0 aliphatic heterocycles. The summed E-state index contributed by atoms with van der Waals surface area (Å²) in [5, 5.41) is 3.54. The second kappa shape index (κ2) is 5.95. The third kappa shape index (κ3) is 3.39. The van der Waals surface area contributed by atoms with Crippen LogP contribution in [0.5, 0.6) is 5.75 Å². The van der Waals surface area contributed by atoms with Gasteiger partial charge in [0.25, 0.3) is 0 Å². The summed E-state index contributed by atoms with van der Waals surface area (Å²) in [6.07, 6.45) is 5.56. The van der Waals surface area contributed by atoms with E-state index < -0.39 is 0 Å². The molecule has 0 radical (unpaired) electrons. The predicted octanol–water partition coefficient (Wildman–Crippen LogP) is 4.00. The first-order valence-corrected chi connectivity index (χ1v) is 6.77. The molecule has 17 heavy (non-hydrogen) atoms. The summed E-state index contributed by atoms with van der Waals surface area (Å²) in [7, 11) is 0. The van der Waals surface area contributed by atoms with Crippen LogP contribution < -0.4 is 10.1 Å². The first-order chi connectivity index (χ1) is 8.29. The van der Waals surface area contributed by atoms with Crippen molar-refractivity contribution in [2.24, 2.45) is 5.92 Å². The highest BCUT2D eigenvalue weighted by molar-refractivity contribution is 5.57. The average molecular weight is 233 g/mol. The molecule has 0 saturated heterocycles. The molecule has 1 fully saturated rings. The SMILES string of the molecule is CCOc1cc(C)ccc1NCC1CCCC1. The largest absolute Gasteiger partial charge is 0.492 e. The lowest BCUT2D eigenvalue weighted by molar-refractivity contribution is 0.341. The minimum Gasteiger partial charge on any atom is -0.492 e. The molecule has 0 aromatic heterocycles. The lowest BCUT2D eigenvalue weighted by Crippen LogP contribution is -2.12. The number of benzene rings is 1. The van der Waals surface area contributed by atoms with Crippen molar-refractivity contribution >= 4 is 5.69 Å². The first kappa shape index (κ1) is 12.3. The van der Waals surface area contributed by atoms with E-state index in [0.717, 1.165) is 30.5 Å². The Bertz CT molecular complexity index is 356. The van der Waals surface area contributed by atoms with Crippen LogP contribution in [0, 0.1) is 12.8 Å². The number of rotatable bonds is 5. The van der Waals surface area contributed by atoms with E-state index in [1.165, 1.54) is 31.2 Å². The number of hydrogen-bond acceptors (Lipinski definition) is 2. The van der Waals surface area contributed by atoms with Gasteiger partial charge in [0.15, 0.2) is 0 Å². The monoisotopic (exact) mass is 233 g/mol. The molecule has 2 rings (SSSR count). The Balaban J connectivity index is 1.98. The molecule has 0 bridgehead atoms. The van der Waals surface area contributed by atoms with Gasteiger partial charge in [-0.05, 0) is 50.3 Å². The maximum absolute atomic E-state index is 5.67. The lowest BCUT2D eigenvalue weighted by Gasteiger charge is -2.15. The van der Waals surface area contributed by atoms with Crippen LogP contribution in [0.4, 0.5) is 5.69 Å². The van der Waals surface area contributed by atoms with Crippen molar-refractivity contribution < 1.29 is 4.74 Å². The minimum atomic E-state index is 0.724. The summed E-state index contributed by atoms with van der Waals surface area (Å²) in [5.74, 6) is 1.84. The van der Waals surface area contributed by atoms with Gasteiger partial charge >= 0.3 is 0 Å². The molecular weight excluding hydrogens is 210 g/mol. The van der Waals surface area contributed by atoms with E-state index in [-0.39, 0.29) is 0 Å². The number of hydrogen-bond donors (Lipinski definition) is 1. The third-order valence-electron chi connectivity index (χ3n) is 3.49.